The van der Waals surface area contributed by atoms with Gasteiger partial charge in [-0.15, -0.1) is 0 Å². The number of Topliss-reactive ketones (excluding diaryl/α,β-unsaturated/α-hetero) is 1. The zero-order valence-corrected chi connectivity index (χ0v) is 26.5. The zero-order valence-electron chi connectivity index (χ0n) is 25.5. The summed E-state index contributed by atoms with van der Waals surface area (Å²) in [6, 6.07) is 30.5. The normalized spacial score (nSPS) is 15.4. The maximum Gasteiger partial charge on any atom is 0.191 e. The van der Waals surface area contributed by atoms with E-state index in [1.807, 2.05) is 68.4 Å². The first kappa shape index (κ1) is 31.9. The number of benzene rings is 3. The predicted octanol–water partition coefficient (Wildman–Crippen LogP) is 7.52. The lowest BCUT2D eigenvalue weighted by atomic mass is 9.85. The van der Waals surface area contributed by atoms with Crippen LogP contribution < -0.4 is 0 Å². The van der Waals surface area contributed by atoms with Crippen LogP contribution in [0.4, 0.5) is 0 Å². The summed E-state index contributed by atoms with van der Waals surface area (Å²) in [6.07, 6.45) is -0.198. The first-order chi connectivity index (χ1) is 18.9. The Bertz CT molecular complexity index is 1120. The van der Waals surface area contributed by atoms with Crippen molar-refractivity contribution in [3.63, 3.8) is 0 Å². The summed E-state index contributed by atoms with van der Waals surface area (Å²) in [4.78, 5) is 16.6. The third-order valence-electron chi connectivity index (χ3n) is 8.56. The van der Waals surface area contributed by atoms with Gasteiger partial charge in [0.15, 0.2) is 14.1 Å². The number of carbonyl (C=O) groups is 1. The maximum absolute atomic E-state index is 14.3. The molecule has 0 fully saturated rings. The lowest BCUT2D eigenvalue weighted by Crippen LogP contribution is -2.48. The maximum atomic E-state index is 14.3. The van der Waals surface area contributed by atoms with Gasteiger partial charge in [-0.2, -0.15) is 0 Å². The van der Waals surface area contributed by atoms with E-state index in [4.69, 9.17) is 4.43 Å². The quantitative estimate of drug-likeness (QED) is 0.208. The van der Waals surface area contributed by atoms with Gasteiger partial charge >= 0.3 is 0 Å². The smallest absolute Gasteiger partial charge is 0.191 e. The molecule has 4 atom stereocenters. The summed E-state index contributed by atoms with van der Waals surface area (Å²) in [5, 5.41) is 11.5. The molecular weight excluding hydrogens is 510 g/mol. The highest BCUT2D eigenvalue weighted by Crippen LogP contribution is 2.37. The number of aliphatic hydroxyl groups is 1. The molecule has 0 aliphatic carbocycles. The van der Waals surface area contributed by atoms with Crippen molar-refractivity contribution in [2.45, 2.75) is 84.4 Å². The first-order valence-corrected chi connectivity index (χ1v) is 17.5. The van der Waals surface area contributed by atoms with Crippen LogP contribution in [0.25, 0.3) is 0 Å². The van der Waals surface area contributed by atoms with E-state index in [9.17, 15) is 9.90 Å². The fourth-order valence-electron chi connectivity index (χ4n) is 4.78. The minimum Gasteiger partial charge on any atom is -0.416 e. The highest BCUT2D eigenvalue weighted by atomic mass is 28.4. The SMILES string of the molecule is C[C@H](CO[Si](C)(C)C(C)(C)C)[C@H](O)[C@H](C)C(=O)[C@H](Cc1ccccc1)N(Cc1ccccc1)Cc1ccccc1. The minimum atomic E-state index is -1.96. The third kappa shape index (κ3) is 8.97. The van der Waals surface area contributed by atoms with Crippen LogP contribution in [0.1, 0.15) is 51.3 Å². The zero-order chi connectivity index (χ0) is 29.3. The molecule has 0 saturated heterocycles. The molecule has 0 unspecified atom stereocenters. The average Bonchev–Trinajstić information content (AvgIpc) is 2.94. The molecule has 0 aliphatic heterocycles. The van der Waals surface area contributed by atoms with E-state index in [0.717, 1.165) is 16.7 Å². The molecule has 1 N–H and O–H groups in total. The van der Waals surface area contributed by atoms with Crippen LogP contribution in [0.3, 0.4) is 0 Å². The van der Waals surface area contributed by atoms with Crippen molar-refractivity contribution in [2.24, 2.45) is 11.8 Å². The van der Waals surface area contributed by atoms with Gasteiger partial charge in [-0.3, -0.25) is 9.69 Å². The molecule has 40 heavy (non-hydrogen) atoms. The van der Waals surface area contributed by atoms with Crippen molar-refractivity contribution in [1.82, 2.24) is 4.90 Å². The lowest BCUT2D eigenvalue weighted by Gasteiger charge is -2.38. The second-order valence-electron chi connectivity index (χ2n) is 12.8. The van der Waals surface area contributed by atoms with Gasteiger partial charge in [0, 0.05) is 31.5 Å². The van der Waals surface area contributed by atoms with Crippen molar-refractivity contribution >= 4 is 14.1 Å². The molecule has 3 rings (SSSR count). The van der Waals surface area contributed by atoms with Crippen LogP contribution in [0.2, 0.25) is 18.1 Å². The summed E-state index contributed by atoms with van der Waals surface area (Å²) < 4.78 is 6.43. The van der Waals surface area contributed by atoms with Crippen LogP contribution in [0, 0.1) is 11.8 Å². The number of carbonyl (C=O) groups excluding carboxylic acids is 1. The molecule has 0 saturated carbocycles. The van der Waals surface area contributed by atoms with E-state index in [1.54, 1.807) is 0 Å². The van der Waals surface area contributed by atoms with Gasteiger partial charge in [-0.25, -0.2) is 0 Å². The van der Waals surface area contributed by atoms with E-state index in [0.29, 0.717) is 26.1 Å². The summed E-state index contributed by atoms with van der Waals surface area (Å²) in [5.41, 5.74) is 3.44. The number of hydrogen-bond donors (Lipinski definition) is 1. The monoisotopic (exact) mass is 559 g/mol. The Kier molecular flexibility index (Phi) is 11.5. The topological polar surface area (TPSA) is 49.8 Å². The molecule has 0 amide bonds. The van der Waals surface area contributed by atoms with Gasteiger partial charge in [-0.05, 0) is 41.2 Å². The molecule has 3 aromatic carbocycles. The van der Waals surface area contributed by atoms with E-state index >= 15 is 0 Å². The minimum absolute atomic E-state index is 0.0717. The highest BCUT2D eigenvalue weighted by Gasteiger charge is 2.39. The highest BCUT2D eigenvalue weighted by molar-refractivity contribution is 6.74. The molecule has 5 heteroatoms. The molecule has 216 valence electrons. The van der Waals surface area contributed by atoms with Crippen LogP contribution in [-0.4, -0.2) is 42.9 Å². The van der Waals surface area contributed by atoms with Crippen LogP contribution in [0.15, 0.2) is 91.0 Å². The number of aliphatic hydroxyl groups excluding tert-OH is 1. The number of hydrogen-bond acceptors (Lipinski definition) is 4. The Morgan fingerprint density at radius 3 is 1.65 bits per heavy atom. The van der Waals surface area contributed by atoms with Crippen molar-refractivity contribution in [1.29, 1.82) is 0 Å². The summed E-state index contributed by atoms with van der Waals surface area (Å²) in [5.74, 6) is -0.606. The fourth-order valence-corrected chi connectivity index (χ4v) is 5.89. The van der Waals surface area contributed by atoms with E-state index < -0.39 is 20.3 Å². The first-order valence-electron chi connectivity index (χ1n) is 14.6. The lowest BCUT2D eigenvalue weighted by molar-refractivity contribution is -0.133. The summed E-state index contributed by atoms with van der Waals surface area (Å²) in [6.45, 7) is 16.7. The Hall–Kier alpha value is -2.57. The Morgan fingerprint density at radius 1 is 0.800 bits per heavy atom. The van der Waals surface area contributed by atoms with Crippen LogP contribution in [0.5, 0.6) is 0 Å². The van der Waals surface area contributed by atoms with Crippen molar-refractivity contribution in [3.8, 4) is 0 Å². The number of rotatable bonds is 14. The van der Waals surface area contributed by atoms with Gasteiger partial charge in [0.1, 0.15) is 0 Å². The Labute approximate surface area is 243 Å². The second kappa shape index (κ2) is 14.4. The summed E-state index contributed by atoms with van der Waals surface area (Å²) >= 11 is 0. The molecule has 0 aliphatic rings. The molecule has 3 aromatic rings. The predicted molar refractivity (Wildman–Crippen MR) is 169 cm³/mol. The van der Waals surface area contributed by atoms with Crippen molar-refractivity contribution < 1.29 is 14.3 Å². The van der Waals surface area contributed by atoms with Crippen LogP contribution >= 0.6 is 0 Å². The number of nitrogens with zero attached hydrogens (tertiary/aromatic N) is 1. The molecule has 0 aromatic heterocycles. The van der Waals surface area contributed by atoms with Crippen molar-refractivity contribution in [2.75, 3.05) is 6.61 Å². The molecule has 4 nitrogen and oxygen atoms in total. The Morgan fingerprint density at radius 2 is 1.23 bits per heavy atom. The van der Waals surface area contributed by atoms with Crippen molar-refractivity contribution in [3.05, 3.63) is 108 Å². The largest absolute Gasteiger partial charge is 0.416 e. The molecule has 0 spiro atoms. The van der Waals surface area contributed by atoms with Crippen LogP contribution in [-0.2, 0) is 28.7 Å². The fraction of sp³-hybridized carbons (Fsp3) is 0.457. The summed E-state index contributed by atoms with van der Waals surface area (Å²) in [7, 11) is -1.96. The standard InChI is InChI=1S/C35H49NO3Si/c1-27(26-39-40(6,7)35(3,4)5)33(37)28(2)34(38)32(23-29-17-11-8-12-18-29)36(24-30-19-13-9-14-20-30)25-31-21-15-10-16-22-31/h8-22,27-28,32-33,37H,23-26H2,1-7H3/t27-,28+,32+,33+/m1/s1. The van der Waals surface area contributed by atoms with E-state index in [-0.39, 0.29) is 22.8 Å². The number of ketones is 1. The molecular formula is C35H49NO3Si. The Balaban J connectivity index is 1.88. The second-order valence-corrected chi connectivity index (χ2v) is 17.6. The molecule has 0 heterocycles. The third-order valence-corrected chi connectivity index (χ3v) is 13.1. The van der Waals surface area contributed by atoms with Gasteiger partial charge in [-0.1, -0.05) is 126 Å². The molecule has 0 bridgehead atoms. The van der Waals surface area contributed by atoms with Gasteiger partial charge in [0.05, 0.1) is 12.1 Å². The van der Waals surface area contributed by atoms with Gasteiger partial charge in [0.25, 0.3) is 0 Å². The molecule has 0 radical (unpaired) electrons. The van der Waals surface area contributed by atoms with Gasteiger partial charge < -0.3 is 9.53 Å². The van der Waals surface area contributed by atoms with E-state index in [2.05, 4.69) is 75.2 Å². The van der Waals surface area contributed by atoms with Gasteiger partial charge in [0.2, 0.25) is 0 Å². The average molecular weight is 560 g/mol. The van der Waals surface area contributed by atoms with E-state index in [1.165, 1.54) is 0 Å².